The van der Waals surface area contributed by atoms with E-state index in [4.69, 9.17) is 4.74 Å². The van der Waals surface area contributed by atoms with Crippen LogP contribution in [-0.4, -0.2) is 42.3 Å². The van der Waals surface area contributed by atoms with Gasteiger partial charge in [0.25, 0.3) is 0 Å². The average molecular weight is 322 g/mol. The first-order valence-corrected chi connectivity index (χ1v) is 9.64. The van der Waals surface area contributed by atoms with Crippen LogP contribution in [-0.2, 0) is 4.74 Å². The van der Waals surface area contributed by atoms with Crippen LogP contribution in [0, 0.1) is 17.8 Å². The van der Waals surface area contributed by atoms with Gasteiger partial charge in [-0.25, -0.2) is 4.79 Å². The van der Waals surface area contributed by atoms with Crippen LogP contribution in [0.4, 0.5) is 4.79 Å². The topological polar surface area (TPSA) is 41.6 Å². The minimum atomic E-state index is -0.407. The molecule has 3 aliphatic rings. The van der Waals surface area contributed by atoms with Crippen molar-refractivity contribution in [2.75, 3.05) is 19.6 Å². The highest BCUT2D eigenvalue weighted by Crippen LogP contribution is 2.48. The second kappa shape index (κ2) is 7.00. The molecule has 3 rings (SSSR count). The van der Waals surface area contributed by atoms with E-state index in [-0.39, 0.29) is 6.09 Å². The molecule has 1 unspecified atom stereocenters. The zero-order valence-electron chi connectivity index (χ0n) is 15.1. The molecule has 4 heteroatoms. The summed E-state index contributed by atoms with van der Waals surface area (Å²) in [6.07, 6.45) is 9.05. The van der Waals surface area contributed by atoms with Crippen LogP contribution in [0.25, 0.3) is 0 Å². The highest BCUT2D eigenvalue weighted by molar-refractivity contribution is 5.68. The molecule has 0 aromatic carbocycles. The molecular formula is C19H34N2O2. The lowest BCUT2D eigenvalue weighted by Gasteiger charge is -2.37. The standard InChI is InChI=1S/C19H34N2O2/c1-19(2,3)23-18(22)21-11-5-4-6-16(21)12-20-13-17(14-7-8-14)15-9-10-15/h14-17,20H,4-13H2,1-3H3. The lowest BCUT2D eigenvalue weighted by Crippen LogP contribution is -2.50. The Morgan fingerprint density at radius 1 is 1.13 bits per heavy atom. The van der Waals surface area contributed by atoms with Crippen molar-refractivity contribution in [1.82, 2.24) is 10.2 Å². The predicted molar refractivity (Wildman–Crippen MR) is 92.4 cm³/mol. The third kappa shape index (κ3) is 5.10. The lowest BCUT2D eigenvalue weighted by molar-refractivity contribution is 0.00983. The number of carbonyl (C=O) groups is 1. The predicted octanol–water partition coefficient (Wildman–Crippen LogP) is 3.80. The van der Waals surface area contributed by atoms with Crippen LogP contribution >= 0.6 is 0 Å². The minimum Gasteiger partial charge on any atom is -0.444 e. The molecule has 23 heavy (non-hydrogen) atoms. The summed E-state index contributed by atoms with van der Waals surface area (Å²) in [4.78, 5) is 14.4. The summed E-state index contributed by atoms with van der Waals surface area (Å²) in [5.41, 5.74) is -0.407. The Kier molecular flexibility index (Phi) is 5.19. The van der Waals surface area contributed by atoms with Gasteiger partial charge in [0, 0.05) is 19.1 Å². The van der Waals surface area contributed by atoms with Gasteiger partial charge in [0.2, 0.25) is 0 Å². The van der Waals surface area contributed by atoms with Crippen molar-refractivity contribution in [2.45, 2.75) is 77.4 Å². The Balaban J connectivity index is 1.47. The quantitative estimate of drug-likeness (QED) is 0.808. The van der Waals surface area contributed by atoms with Crippen LogP contribution in [0.2, 0.25) is 0 Å². The number of rotatable bonds is 6. The van der Waals surface area contributed by atoms with Crippen molar-refractivity contribution in [2.24, 2.45) is 17.8 Å². The Morgan fingerprint density at radius 3 is 2.35 bits per heavy atom. The first kappa shape index (κ1) is 17.1. The monoisotopic (exact) mass is 322 g/mol. The van der Waals surface area contributed by atoms with E-state index < -0.39 is 5.60 Å². The molecule has 1 aliphatic heterocycles. The Labute approximate surface area is 141 Å². The zero-order valence-corrected chi connectivity index (χ0v) is 15.1. The van der Waals surface area contributed by atoms with Gasteiger partial charge in [0.15, 0.2) is 0 Å². The largest absolute Gasteiger partial charge is 0.444 e. The number of nitrogens with zero attached hydrogens (tertiary/aromatic N) is 1. The number of nitrogens with one attached hydrogen (secondary N) is 1. The number of hydrogen-bond acceptors (Lipinski definition) is 3. The van der Waals surface area contributed by atoms with E-state index in [0.717, 1.165) is 50.2 Å². The molecule has 2 aliphatic carbocycles. The second-order valence-corrected chi connectivity index (χ2v) is 8.82. The highest BCUT2D eigenvalue weighted by Gasteiger charge is 2.41. The summed E-state index contributed by atoms with van der Waals surface area (Å²) in [6, 6.07) is 0.303. The normalized spacial score (nSPS) is 25.7. The molecule has 3 fully saturated rings. The fourth-order valence-corrected chi connectivity index (χ4v) is 3.96. The SMILES string of the molecule is CC(C)(C)OC(=O)N1CCCCC1CNCC(C1CC1)C1CC1. The molecule has 4 nitrogen and oxygen atoms in total. The number of amides is 1. The van der Waals surface area contributed by atoms with Crippen LogP contribution < -0.4 is 5.32 Å². The molecule has 0 aromatic rings. The maximum absolute atomic E-state index is 12.4. The Morgan fingerprint density at radius 2 is 1.78 bits per heavy atom. The van der Waals surface area contributed by atoms with E-state index in [1.807, 2.05) is 25.7 Å². The molecule has 132 valence electrons. The summed E-state index contributed by atoms with van der Waals surface area (Å²) in [5.74, 6) is 2.88. The summed E-state index contributed by atoms with van der Waals surface area (Å²) in [6.45, 7) is 8.74. The first-order chi connectivity index (χ1) is 10.9. The fourth-order valence-electron chi connectivity index (χ4n) is 3.96. The van der Waals surface area contributed by atoms with Crippen LogP contribution in [0.15, 0.2) is 0 Å². The van der Waals surface area contributed by atoms with Crippen molar-refractivity contribution in [1.29, 1.82) is 0 Å². The van der Waals surface area contributed by atoms with E-state index in [9.17, 15) is 4.79 Å². The molecule has 0 radical (unpaired) electrons. The first-order valence-electron chi connectivity index (χ1n) is 9.64. The van der Waals surface area contributed by atoms with E-state index >= 15 is 0 Å². The number of hydrogen-bond donors (Lipinski definition) is 1. The van der Waals surface area contributed by atoms with Gasteiger partial charge in [-0.3, -0.25) is 0 Å². The number of piperidine rings is 1. The zero-order chi connectivity index (χ0) is 16.4. The molecule has 1 saturated heterocycles. The number of likely N-dealkylation sites (tertiary alicyclic amines) is 1. The highest BCUT2D eigenvalue weighted by atomic mass is 16.6. The number of ether oxygens (including phenoxy) is 1. The van der Waals surface area contributed by atoms with Crippen molar-refractivity contribution >= 4 is 6.09 Å². The molecule has 1 N–H and O–H groups in total. The van der Waals surface area contributed by atoms with Crippen LogP contribution in [0.5, 0.6) is 0 Å². The molecule has 0 spiro atoms. The third-order valence-electron chi connectivity index (χ3n) is 5.47. The summed E-state index contributed by atoms with van der Waals surface area (Å²) >= 11 is 0. The van der Waals surface area contributed by atoms with Gasteiger partial charge in [-0.05, 0) is 90.0 Å². The minimum absolute atomic E-state index is 0.134. The van der Waals surface area contributed by atoms with E-state index in [2.05, 4.69) is 5.32 Å². The second-order valence-electron chi connectivity index (χ2n) is 8.82. The molecule has 1 amide bonds. The van der Waals surface area contributed by atoms with Gasteiger partial charge in [0.05, 0.1) is 0 Å². The Hall–Kier alpha value is -0.770. The van der Waals surface area contributed by atoms with Crippen LogP contribution in [0.1, 0.15) is 65.7 Å². The van der Waals surface area contributed by atoms with Gasteiger partial charge in [-0.1, -0.05) is 0 Å². The van der Waals surface area contributed by atoms with Crippen LogP contribution in [0.3, 0.4) is 0 Å². The van der Waals surface area contributed by atoms with Gasteiger partial charge < -0.3 is 15.0 Å². The smallest absolute Gasteiger partial charge is 0.410 e. The molecule has 1 heterocycles. The Bertz CT molecular complexity index is 398. The fraction of sp³-hybridized carbons (Fsp3) is 0.947. The van der Waals surface area contributed by atoms with Gasteiger partial charge in [-0.15, -0.1) is 0 Å². The molecule has 2 saturated carbocycles. The molecular weight excluding hydrogens is 288 g/mol. The lowest BCUT2D eigenvalue weighted by atomic mass is 9.97. The van der Waals surface area contributed by atoms with E-state index in [0.29, 0.717) is 6.04 Å². The van der Waals surface area contributed by atoms with Crippen molar-refractivity contribution in [3.8, 4) is 0 Å². The average Bonchev–Trinajstić information content (AvgIpc) is 3.36. The maximum Gasteiger partial charge on any atom is 0.410 e. The number of carbonyl (C=O) groups excluding carboxylic acids is 1. The van der Waals surface area contributed by atoms with Crippen molar-refractivity contribution in [3.63, 3.8) is 0 Å². The summed E-state index contributed by atoms with van der Waals surface area (Å²) in [5, 5.41) is 3.70. The maximum atomic E-state index is 12.4. The molecule has 1 atom stereocenters. The van der Waals surface area contributed by atoms with Crippen molar-refractivity contribution < 1.29 is 9.53 Å². The van der Waals surface area contributed by atoms with E-state index in [1.54, 1.807) is 0 Å². The van der Waals surface area contributed by atoms with E-state index in [1.165, 1.54) is 32.1 Å². The molecule has 0 bridgehead atoms. The van der Waals surface area contributed by atoms with Gasteiger partial charge in [-0.2, -0.15) is 0 Å². The third-order valence-corrected chi connectivity index (χ3v) is 5.47. The van der Waals surface area contributed by atoms with Gasteiger partial charge in [0.1, 0.15) is 5.60 Å². The van der Waals surface area contributed by atoms with Gasteiger partial charge >= 0.3 is 6.09 Å². The van der Waals surface area contributed by atoms with Crippen molar-refractivity contribution in [3.05, 3.63) is 0 Å². The molecule has 0 aromatic heterocycles. The summed E-state index contributed by atoms with van der Waals surface area (Å²) < 4.78 is 5.59. The summed E-state index contributed by atoms with van der Waals surface area (Å²) in [7, 11) is 0.